The fourth-order valence-corrected chi connectivity index (χ4v) is 2.89. The summed E-state index contributed by atoms with van der Waals surface area (Å²) in [4.78, 5) is 7.94. The molecule has 0 aliphatic carbocycles. The van der Waals surface area contributed by atoms with Gasteiger partial charge >= 0.3 is 6.18 Å². The molecule has 0 aliphatic rings. The Morgan fingerprint density at radius 3 is 2.26 bits per heavy atom. The second kappa shape index (κ2) is 8.83. The van der Waals surface area contributed by atoms with Crippen molar-refractivity contribution in [2.75, 3.05) is 17.2 Å². The number of benzene rings is 2. The van der Waals surface area contributed by atoms with Crippen molar-refractivity contribution in [3.05, 3.63) is 65.9 Å². The van der Waals surface area contributed by atoms with E-state index in [2.05, 4.69) is 41.4 Å². The third-order valence-corrected chi connectivity index (χ3v) is 4.51. The van der Waals surface area contributed by atoms with Crippen molar-refractivity contribution in [2.24, 2.45) is 0 Å². The van der Waals surface area contributed by atoms with Crippen LogP contribution in [-0.2, 0) is 11.6 Å². The Morgan fingerprint density at radius 2 is 1.65 bits per heavy atom. The number of anilines is 4. The quantitative estimate of drug-likeness (QED) is 0.457. The molecule has 8 heteroatoms. The molecule has 0 bridgehead atoms. The lowest BCUT2D eigenvalue weighted by Gasteiger charge is -2.19. The van der Waals surface area contributed by atoms with E-state index < -0.39 is 11.7 Å². The zero-order valence-electron chi connectivity index (χ0n) is 17.8. The number of rotatable bonds is 6. The molecule has 1 heterocycles. The number of hydrogen-bond acceptors (Lipinski definition) is 5. The molecule has 31 heavy (non-hydrogen) atoms. The first kappa shape index (κ1) is 22.4. The van der Waals surface area contributed by atoms with Crippen LogP contribution in [0.2, 0.25) is 0 Å². The number of halogens is 3. The summed E-state index contributed by atoms with van der Waals surface area (Å²) in [6, 6.07) is 14.3. The van der Waals surface area contributed by atoms with E-state index in [4.69, 9.17) is 4.74 Å². The molecule has 0 fully saturated rings. The van der Waals surface area contributed by atoms with Gasteiger partial charge in [0, 0.05) is 23.6 Å². The van der Waals surface area contributed by atoms with Crippen molar-refractivity contribution in [3.63, 3.8) is 0 Å². The fourth-order valence-electron chi connectivity index (χ4n) is 2.89. The zero-order chi connectivity index (χ0) is 22.6. The maximum atomic E-state index is 13.5. The fraction of sp³-hybridized carbons (Fsp3) is 0.304. The van der Waals surface area contributed by atoms with Crippen LogP contribution in [0.25, 0.3) is 0 Å². The zero-order valence-corrected chi connectivity index (χ0v) is 17.8. The Morgan fingerprint density at radius 1 is 0.935 bits per heavy atom. The number of alkyl halides is 3. The second-order valence-corrected chi connectivity index (χ2v) is 7.99. The first-order chi connectivity index (χ1) is 14.6. The summed E-state index contributed by atoms with van der Waals surface area (Å²) < 4.78 is 45.9. The largest absolute Gasteiger partial charge is 0.494 e. The van der Waals surface area contributed by atoms with E-state index in [1.807, 2.05) is 31.2 Å². The highest BCUT2D eigenvalue weighted by Gasteiger charge is 2.35. The Bertz CT molecular complexity index is 1030. The van der Waals surface area contributed by atoms with Gasteiger partial charge in [-0.1, -0.05) is 39.0 Å². The number of aromatic nitrogens is 2. The van der Waals surface area contributed by atoms with Crippen LogP contribution < -0.4 is 15.4 Å². The summed E-state index contributed by atoms with van der Waals surface area (Å²) in [5.74, 6) is 0.261. The smallest absolute Gasteiger partial charge is 0.421 e. The molecule has 5 nitrogen and oxygen atoms in total. The van der Waals surface area contributed by atoms with Crippen LogP contribution in [0.3, 0.4) is 0 Å². The summed E-state index contributed by atoms with van der Waals surface area (Å²) in [7, 11) is 0. The predicted octanol–water partition coefficient (Wildman–Crippen LogP) is 6.68. The molecule has 164 valence electrons. The van der Waals surface area contributed by atoms with Gasteiger partial charge in [-0.05, 0) is 42.2 Å². The maximum absolute atomic E-state index is 13.5. The van der Waals surface area contributed by atoms with Crippen molar-refractivity contribution in [1.29, 1.82) is 0 Å². The Hall–Kier alpha value is -3.29. The standard InChI is InChI=1S/C23H25F3N4O/c1-5-31-18-8-6-7-17(13-18)28-20-19(23(24,25)26)14-27-21(30-20)29-16-11-9-15(10-12-16)22(2,3)4/h6-14H,5H2,1-4H3,(H2,27,28,29,30). The highest BCUT2D eigenvalue weighted by Crippen LogP contribution is 2.36. The summed E-state index contributed by atoms with van der Waals surface area (Å²) >= 11 is 0. The first-order valence-corrected chi connectivity index (χ1v) is 9.88. The lowest BCUT2D eigenvalue weighted by atomic mass is 9.87. The van der Waals surface area contributed by atoms with Crippen LogP contribution in [-0.4, -0.2) is 16.6 Å². The molecular weight excluding hydrogens is 405 g/mol. The number of ether oxygens (including phenoxy) is 1. The van der Waals surface area contributed by atoms with Crippen LogP contribution in [0.1, 0.15) is 38.8 Å². The molecular formula is C23H25F3N4O. The maximum Gasteiger partial charge on any atom is 0.421 e. The number of nitrogens with zero attached hydrogens (tertiary/aromatic N) is 2. The SMILES string of the molecule is CCOc1cccc(Nc2nc(Nc3ccc(C(C)(C)C)cc3)ncc2C(F)(F)F)c1. The van der Waals surface area contributed by atoms with Crippen molar-refractivity contribution in [3.8, 4) is 5.75 Å². The van der Waals surface area contributed by atoms with Gasteiger partial charge in [0.2, 0.25) is 5.95 Å². The van der Waals surface area contributed by atoms with Crippen molar-refractivity contribution in [1.82, 2.24) is 9.97 Å². The second-order valence-electron chi connectivity index (χ2n) is 7.99. The molecule has 0 aliphatic heterocycles. The van der Waals surface area contributed by atoms with Gasteiger partial charge in [-0.15, -0.1) is 0 Å². The normalized spacial score (nSPS) is 11.8. The molecule has 0 atom stereocenters. The average molecular weight is 430 g/mol. The summed E-state index contributed by atoms with van der Waals surface area (Å²) in [5, 5.41) is 5.71. The van der Waals surface area contributed by atoms with E-state index in [0.29, 0.717) is 23.7 Å². The summed E-state index contributed by atoms with van der Waals surface area (Å²) in [6.07, 6.45) is -3.83. The lowest BCUT2D eigenvalue weighted by molar-refractivity contribution is -0.137. The minimum Gasteiger partial charge on any atom is -0.494 e. The summed E-state index contributed by atoms with van der Waals surface area (Å²) in [6.45, 7) is 8.60. The van der Waals surface area contributed by atoms with E-state index >= 15 is 0 Å². The van der Waals surface area contributed by atoms with E-state index in [0.717, 1.165) is 11.8 Å². The third kappa shape index (κ3) is 5.87. The van der Waals surface area contributed by atoms with Crippen molar-refractivity contribution >= 4 is 23.1 Å². The molecule has 0 unspecified atom stereocenters. The lowest BCUT2D eigenvalue weighted by Crippen LogP contribution is -2.13. The first-order valence-electron chi connectivity index (χ1n) is 9.88. The molecule has 1 aromatic heterocycles. The molecule has 0 amide bonds. The van der Waals surface area contributed by atoms with Gasteiger partial charge in [0.05, 0.1) is 6.61 Å². The average Bonchev–Trinajstić information content (AvgIpc) is 2.67. The monoisotopic (exact) mass is 430 g/mol. The summed E-state index contributed by atoms with van der Waals surface area (Å²) in [5.41, 5.74) is 1.29. The predicted molar refractivity (Wildman–Crippen MR) is 116 cm³/mol. The minimum atomic E-state index is -4.60. The van der Waals surface area contributed by atoms with E-state index in [9.17, 15) is 13.2 Å². The van der Waals surface area contributed by atoms with E-state index in [1.165, 1.54) is 0 Å². The van der Waals surface area contributed by atoms with Gasteiger partial charge in [-0.3, -0.25) is 0 Å². The molecule has 0 saturated heterocycles. The van der Waals surface area contributed by atoms with Gasteiger partial charge in [0.15, 0.2) is 0 Å². The van der Waals surface area contributed by atoms with E-state index in [1.54, 1.807) is 24.3 Å². The molecule has 2 aromatic carbocycles. The van der Waals surface area contributed by atoms with Crippen molar-refractivity contribution < 1.29 is 17.9 Å². The van der Waals surface area contributed by atoms with Gasteiger partial charge in [-0.2, -0.15) is 18.2 Å². The third-order valence-electron chi connectivity index (χ3n) is 4.51. The molecule has 2 N–H and O–H groups in total. The van der Waals surface area contributed by atoms with Gasteiger partial charge in [0.1, 0.15) is 17.1 Å². The number of hydrogen-bond donors (Lipinski definition) is 2. The molecule has 3 aromatic rings. The van der Waals surface area contributed by atoms with Crippen molar-refractivity contribution in [2.45, 2.75) is 39.3 Å². The van der Waals surface area contributed by atoms with Crippen LogP contribution in [0.15, 0.2) is 54.7 Å². The highest BCUT2D eigenvalue weighted by atomic mass is 19.4. The highest BCUT2D eigenvalue weighted by molar-refractivity contribution is 5.64. The number of nitrogens with one attached hydrogen (secondary N) is 2. The van der Waals surface area contributed by atoms with Gasteiger partial charge < -0.3 is 15.4 Å². The minimum absolute atomic E-state index is 0.00347. The van der Waals surface area contributed by atoms with E-state index in [-0.39, 0.29) is 17.2 Å². The Kier molecular flexibility index (Phi) is 6.38. The van der Waals surface area contributed by atoms with Gasteiger partial charge in [0.25, 0.3) is 0 Å². The molecule has 0 saturated carbocycles. The van der Waals surface area contributed by atoms with Crippen LogP contribution in [0.5, 0.6) is 5.75 Å². The molecule has 3 rings (SSSR count). The van der Waals surface area contributed by atoms with Crippen LogP contribution in [0, 0.1) is 0 Å². The topological polar surface area (TPSA) is 59.1 Å². The molecule has 0 spiro atoms. The van der Waals surface area contributed by atoms with Crippen LogP contribution in [0.4, 0.5) is 36.3 Å². The Balaban J connectivity index is 1.89. The Labute approximate surface area is 179 Å². The van der Waals surface area contributed by atoms with Crippen LogP contribution >= 0.6 is 0 Å². The molecule has 0 radical (unpaired) electrons. The van der Waals surface area contributed by atoms with Gasteiger partial charge in [-0.25, -0.2) is 4.98 Å².